The van der Waals surface area contributed by atoms with Gasteiger partial charge in [-0.1, -0.05) is 6.07 Å². The molecule has 1 aliphatic rings. The highest BCUT2D eigenvalue weighted by Crippen LogP contribution is 2.32. The normalized spacial score (nSPS) is 20.1. The molecule has 1 atom stereocenters. The van der Waals surface area contributed by atoms with Crippen molar-refractivity contribution in [3.63, 3.8) is 0 Å². The fraction of sp³-hybridized carbons (Fsp3) is 0.538. The second-order valence-corrected chi connectivity index (χ2v) is 4.94. The van der Waals surface area contributed by atoms with E-state index in [-0.39, 0.29) is 24.9 Å². The fourth-order valence-corrected chi connectivity index (χ4v) is 2.54. The van der Waals surface area contributed by atoms with Gasteiger partial charge in [0, 0.05) is 0 Å². The summed E-state index contributed by atoms with van der Waals surface area (Å²) in [5.74, 6) is 0.361. The number of fused-ring (bicyclic) bond motifs is 1. The van der Waals surface area contributed by atoms with Gasteiger partial charge in [0.25, 0.3) is 0 Å². The lowest BCUT2D eigenvalue weighted by Gasteiger charge is -2.37. The van der Waals surface area contributed by atoms with Crippen LogP contribution in [-0.2, 0) is 12.8 Å². The molecule has 0 spiro atoms. The van der Waals surface area contributed by atoms with Gasteiger partial charge in [0.05, 0.1) is 18.8 Å². The first-order chi connectivity index (χ1) is 8.09. The van der Waals surface area contributed by atoms with Gasteiger partial charge in [-0.3, -0.25) is 0 Å². The molecule has 1 aliphatic carbocycles. The third kappa shape index (κ3) is 2.29. The lowest BCUT2D eigenvalue weighted by Crippen LogP contribution is -2.55. The molecule has 0 heterocycles. The number of benzene rings is 1. The minimum absolute atomic E-state index is 0.0783. The van der Waals surface area contributed by atoms with Gasteiger partial charge in [-0.05, 0) is 48.4 Å². The predicted octanol–water partition coefficient (Wildman–Crippen LogP) is 0.179. The van der Waals surface area contributed by atoms with Gasteiger partial charge in [0.2, 0.25) is 0 Å². The van der Waals surface area contributed by atoms with Crippen molar-refractivity contribution in [1.82, 2.24) is 0 Å². The number of aliphatic hydroxyl groups excluding tert-OH is 2. The molecule has 0 aromatic heterocycles. The van der Waals surface area contributed by atoms with E-state index in [0.29, 0.717) is 0 Å². The van der Waals surface area contributed by atoms with Crippen molar-refractivity contribution in [1.29, 1.82) is 0 Å². The Kier molecular flexibility index (Phi) is 3.38. The quantitative estimate of drug-likeness (QED) is 0.604. The van der Waals surface area contributed by atoms with Crippen LogP contribution in [0.3, 0.4) is 0 Å². The third-order valence-electron chi connectivity index (χ3n) is 3.82. The van der Waals surface area contributed by atoms with Gasteiger partial charge in [-0.15, -0.1) is 0 Å². The molecule has 94 valence electrons. The van der Waals surface area contributed by atoms with Crippen LogP contribution in [-0.4, -0.2) is 34.1 Å². The smallest absolute Gasteiger partial charge is 0.115 e. The third-order valence-corrected chi connectivity index (χ3v) is 3.82. The van der Waals surface area contributed by atoms with Crippen LogP contribution >= 0.6 is 0 Å². The molecule has 0 saturated carbocycles. The maximum Gasteiger partial charge on any atom is 0.115 e. The topological polar surface area (TPSA) is 86.7 Å². The second kappa shape index (κ2) is 4.64. The molecular formula is C13H19NO3. The van der Waals surface area contributed by atoms with Gasteiger partial charge < -0.3 is 21.1 Å². The van der Waals surface area contributed by atoms with Crippen molar-refractivity contribution in [2.45, 2.75) is 24.8 Å². The number of nitrogens with two attached hydrogens (primary N) is 1. The van der Waals surface area contributed by atoms with E-state index in [1.165, 1.54) is 0 Å². The van der Waals surface area contributed by atoms with Crippen molar-refractivity contribution in [2.75, 3.05) is 13.2 Å². The Bertz CT molecular complexity index is 402. The first kappa shape index (κ1) is 12.4. The van der Waals surface area contributed by atoms with E-state index >= 15 is 0 Å². The maximum atomic E-state index is 9.40. The van der Waals surface area contributed by atoms with Crippen LogP contribution < -0.4 is 5.73 Å². The molecule has 0 fully saturated rings. The standard InChI is InChI=1S/C13H19NO3/c14-13(7-15,8-16)11-3-1-10-6-12(17)4-2-9(10)5-11/h2,4,6,11,15-17H,1,3,5,7-8,14H2/t11-/m1/s1. The van der Waals surface area contributed by atoms with E-state index < -0.39 is 5.54 Å². The summed E-state index contributed by atoms with van der Waals surface area (Å²) >= 11 is 0. The summed E-state index contributed by atoms with van der Waals surface area (Å²) in [5.41, 5.74) is 7.39. The summed E-state index contributed by atoms with van der Waals surface area (Å²) in [6.07, 6.45) is 2.40. The van der Waals surface area contributed by atoms with Crippen molar-refractivity contribution < 1.29 is 15.3 Å². The molecule has 0 bridgehead atoms. The molecule has 0 unspecified atom stereocenters. The average molecular weight is 237 g/mol. The summed E-state index contributed by atoms with van der Waals surface area (Å²) in [7, 11) is 0. The van der Waals surface area contributed by atoms with Gasteiger partial charge >= 0.3 is 0 Å². The van der Waals surface area contributed by atoms with Crippen LogP contribution in [0.4, 0.5) is 0 Å². The van der Waals surface area contributed by atoms with E-state index in [9.17, 15) is 15.3 Å². The van der Waals surface area contributed by atoms with E-state index in [2.05, 4.69) is 0 Å². The first-order valence-electron chi connectivity index (χ1n) is 5.90. The number of aryl methyl sites for hydroxylation is 1. The van der Waals surface area contributed by atoms with Gasteiger partial charge in [-0.25, -0.2) is 0 Å². The summed E-state index contributed by atoms with van der Waals surface area (Å²) < 4.78 is 0. The monoisotopic (exact) mass is 237 g/mol. The number of hydrogen-bond donors (Lipinski definition) is 4. The highest BCUT2D eigenvalue weighted by molar-refractivity contribution is 5.37. The number of rotatable bonds is 3. The summed E-state index contributed by atoms with van der Waals surface area (Å²) in [5, 5.41) is 28.0. The minimum Gasteiger partial charge on any atom is -0.508 e. The van der Waals surface area contributed by atoms with Crippen LogP contribution in [0.1, 0.15) is 17.5 Å². The highest BCUT2D eigenvalue weighted by Gasteiger charge is 2.36. The van der Waals surface area contributed by atoms with E-state index in [1.807, 2.05) is 6.07 Å². The summed E-state index contributed by atoms with van der Waals surface area (Å²) in [6, 6.07) is 5.34. The van der Waals surface area contributed by atoms with Crippen molar-refractivity contribution >= 4 is 0 Å². The molecule has 0 radical (unpaired) electrons. The molecule has 0 saturated heterocycles. The van der Waals surface area contributed by atoms with E-state index in [0.717, 1.165) is 30.4 Å². The minimum atomic E-state index is -0.907. The summed E-state index contributed by atoms with van der Waals surface area (Å²) in [6.45, 7) is -0.414. The van der Waals surface area contributed by atoms with Crippen LogP contribution in [0, 0.1) is 5.92 Å². The lowest BCUT2D eigenvalue weighted by molar-refractivity contribution is 0.0690. The second-order valence-electron chi connectivity index (χ2n) is 4.94. The largest absolute Gasteiger partial charge is 0.508 e. The van der Waals surface area contributed by atoms with Crippen LogP contribution in [0.25, 0.3) is 0 Å². The van der Waals surface area contributed by atoms with Crippen LogP contribution in [0.2, 0.25) is 0 Å². The molecular weight excluding hydrogens is 218 g/mol. The zero-order valence-electron chi connectivity index (χ0n) is 9.76. The van der Waals surface area contributed by atoms with Crippen LogP contribution in [0.5, 0.6) is 5.75 Å². The number of hydrogen-bond acceptors (Lipinski definition) is 4. The highest BCUT2D eigenvalue weighted by atomic mass is 16.3. The van der Waals surface area contributed by atoms with E-state index in [4.69, 9.17) is 5.73 Å². The van der Waals surface area contributed by atoms with Gasteiger partial charge in [0.1, 0.15) is 5.75 Å². The molecule has 0 aliphatic heterocycles. The molecule has 2 rings (SSSR count). The number of phenols is 1. The number of aromatic hydroxyl groups is 1. The lowest BCUT2D eigenvalue weighted by atomic mass is 9.73. The molecule has 4 heteroatoms. The van der Waals surface area contributed by atoms with Gasteiger partial charge in [-0.2, -0.15) is 0 Å². The Balaban J connectivity index is 2.21. The molecule has 1 aromatic rings. The Morgan fingerprint density at radius 3 is 2.59 bits per heavy atom. The zero-order valence-corrected chi connectivity index (χ0v) is 9.76. The van der Waals surface area contributed by atoms with Crippen molar-refractivity contribution in [3.8, 4) is 5.75 Å². The van der Waals surface area contributed by atoms with Crippen molar-refractivity contribution in [2.24, 2.45) is 11.7 Å². The van der Waals surface area contributed by atoms with E-state index in [1.54, 1.807) is 12.1 Å². The fourth-order valence-electron chi connectivity index (χ4n) is 2.54. The molecule has 0 amide bonds. The first-order valence-corrected chi connectivity index (χ1v) is 5.90. The van der Waals surface area contributed by atoms with Crippen LogP contribution in [0.15, 0.2) is 18.2 Å². The average Bonchev–Trinajstić information content (AvgIpc) is 2.37. The molecule has 5 N–H and O–H groups in total. The molecule has 4 nitrogen and oxygen atoms in total. The Morgan fingerprint density at radius 1 is 1.24 bits per heavy atom. The zero-order chi connectivity index (χ0) is 12.5. The Labute approximate surface area is 101 Å². The predicted molar refractivity (Wildman–Crippen MR) is 64.7 cm³/mol. The summed E-state index contributed by atoms with van der Waals surface area (Å²) in [4.78, 5) is 0. The Hall–Kier alpha value is -1.10. The number of aliphatic hydroxyl groups is 2. The molecule has 1 aromatic carbocycles. The maximum absolute atomic E-state index is 9.40. The molecule has 17 heavy (non-hydrogen) atoms. The Morgan fingerprint density at radius 2 is 1.94 bits per heavy atom. The SMILES string of the molecule is NC(CO)(CO)[C@@H]1CCc2cc(O)ccc2C1. The van der Waals surface area contributed by atoms with Gasteiger partial charge in [0.15, 0.2) is 0 Å². The van der Waals surface area contributed by atoms with Crippen molar-refractivity contribution in [3.05, 3.63) is 29.3 Å². The number of phenolic OH excluding ortho intramolecular Hbond substituents is 1.